The standard InChI is InChI=1S/C56H74O6/c1-39(2)51-33-15-41(5)37-53(51)61-55(57)47-21-17-43(18-22-47)45-25-29-49(30-26-45)59-35-13-11-9-7-8-10-12-14-36-60-50-31-27-46(28-32-50)44-19-23-48(24-20-44)56(58)62-54-38-42(6)16-34-52(54)40(3)4/h17-32,39-42,51-54H,7-16,33-38H2,1-6H3/t41-,42-,51+,52+,53?,54?/m1/s1. The predicted octanol–water partition coefficient (Wildman–Crippen LogP) is 14.8. The van der Waals surface area contributed by atoms with Crippen LogP contribution in [-0.4, -0.2) is 37.4 Å². The van der Waals surface area contributed by atoms with Crippen molar-refractivity contribution >= 4 is 11.9 Å². The third-order valence-corrected chi connectivity index (χ3v) is 13.6. The van der Waals surface area contributed by atoms with Crippen molar-refractivity contribution in [1.82, 2.24) is 0 Å². The molecule has 6 heteroatoms. The second kappa shape index (κ2) is 23.7. The fraction of sp³-hybridized carbons (Fsp3) is 0.536. The number of unbranched alkanes of at least 4 members (excludes halogenated alkanes) is 7. The van der Waals surface area contributed by atoms with Crippen molar-refractivity contribution in [2.45, 2.75) is 144 Å². The van der Waals surface area contributed by atoms with E-state index in [1.807, 2.05) is 72.8 Å². The molecule has 0 aliphatic heterocycles. The molecule has 0 spiro atoms. The monoisotopic (exact) mass is 843 g/mol. The molecule has 6 atom stereocenters. The van der Waals surface area contributed by atoms with Gasteiger partial charge in [0.15, 0.2) is 0 Å². The molecule has 2 unspecified atom stereocenters. The van der Waals surface area contributed by atoms with E-state index in [1.165, 1.54) is 51.4 Å². The zero-order valence-corrected chi connectivity index (χ0v) is 38.6. The maximum atomic E-state index is 13.0. The molecule has 4 aromatic rings. The van der Waals surface area contributed by atoms with E-state index >= 15 is 0 Å². The third-order valence-electron chi connectivity index (χ3n) is 13.6. The lowest BCUT2D eigenvalue weighted by Crippen LogP contribution is -2.35. The van der Waals surface area contributed by atoms with Gasteiger partial charge in [-0.15, -0.1) is 0 Å². The van der Waals surface area contributed by atoms with Crippen molar-refractivity contribution in [2.24, 2.45) is 35.5 Å². The lowest BCUT2D eigenvalue weighted by Gasteiger charge is -2.36. The highest BCUT2D eigenvalue weighted by Crippen LogP contribution is 2.37. The molecule has 0 amide bonds. The first-order chi connectivity index (χ1) is 30.0. The van der Waals surface area contributed by atoms with Crippen LogP contribution in [0, 0.1) is 35.5 Å². The highest BCUT2D eigenvalue weighted by molar-refractivity contribution is 5.91. The summed E-state index contributed by atoms with van der Waals surface area (Å²) in [6.45, 7) is 14.9. The minimum atomic E-state index is -0.212. The Morgan fingerprint density at radius 1 is 0.452 bits per heavy atom. The Morgan fingerprint density at radius 3 is 1.08 bits per heavy atom. The molecule has 4 aromatic carbocycles. The second-order valence-corrected chi connectivity index (χ2v) is 19.3. The Hall–Kier alpha value is -4.58. The van der Waals surface area contributed by atoms with Crippen LogP contribution in [-0.2, 0) is 9.47 Å². The number of ether oxygens (including phenoxy) is 4. The van der Waals surface area contributed by atoms with Crippen LogP contribution < -0.4 is 9.47 Å². The molecule has 0 heterocycles. The molecular weight excluding hydrogens is 769 g/mol. The molecule has 6 nitrogen and oxygen atoms in total. The average molecular weight is 843 g/mol. The molecule has 0 radical (unpaired) electrons. The molecule has 0 bridgehead atoms. The van der Waals surface area contributed by atoms with E-state index in [2.05, 4.69) is 65.8 Å². The normalized spacial score (nSPS) is 21.4. The van der Waals surface area contributed by atoms with Crippen molar-refractivity contribution in [3.8, 4) is 33.8 Å². The minimum Gasteiger partial charge on any atom is -0.494 e. The smallest absolute Gasteiger partial charge is 0.338 e. The molecular formula is C56H74O6. The van der Waals surface area contributed by atoms with Crippen LogP contribution >= 0.6 is 0 Å². The Bertz CT molecular complexity index is 1790. The van der Waals surface area contributed by atoms with Crippen LogP contribution in [0.3, 0.4) is 0 Å². The number of rotatable bonds is 21. The van der Waals surface area contributed by atoms with Gasteiger partial charge in [0.2, 0.25) is 0 Å². The first-order valence-electron chi connectivity index (χ1n) is 24.1. The Kier molecular flexibility index (Phi) is 18.0. The minimum absolute atomic E-state index is 0.00569. The van der Waals surface area contributed by atoms with E-state index in [-0.39, 0.29) is 24.1 Å². The molecule has 0 N–H and O–H groups in total. The SMILES string of the molecule is CC(C)[C@@H]1CC[C@@H](C)CC1OC(=O)c1ccc(-c2ccc(OCCCCCCCCCCOc3ccc(-c4ccc(C(=O)OC5C[C@H](C)CC[C@H]5C(C)C)cc4)cc3)cc2)cc1. The summed E-state index contributed by atoms with van der Waals surface area (Å²) in [4.78, 5) is 26.0. The first-order valence-corrected chi connectivity index (χ1v) is 24.1. The summed E-state index contributed by atoms with van der Waals surface area (Å²) in [5.74, 6) is 4.46. The van der Waals surface area contributed by atoms with Crippen molar-refractivity contribution in [3.05, 3.63) is 108 Å². The summed E-state index contributed by atoms with van der Waals surface area (Å²) in [5, 5.41) is 0. The molecule has 2 saturated carbocycles. The molecule has 62 heavy (non-hydrogen) atoms. The Morgan fingerprint density at radius 2 is 0.758 bits per heavy atom. The second-order valence-electron chi connectivity index (χ2n) is 19.3. The molecule has 0 aromatic heterocycles. The fourth-order valence-corrected chi connectivity index (χ4v) is 9.64. The van der Waals surface area contributed by atoms with Gasteiger partial charge in [0.1, 0.15) is 23.7 Å². The van der Waals surface area contributed by atoms with Crippen LogP contribution in [0.15, 0.2) is 97.1 Å². The van der Waals surface area contributed by atoms with E-state index < -0.39 is 0 Å². The van der Waals surface area contributed by atoms with Crippen LogP contribution in [0.2, 0.25) is 0 Å². The number of hydrogen-bond acceptors (Lipinski definition) is 6. The molecule has 0 saturated heterocycles. The quantitative estimate of drug-likeness (QED) is 0.0615. The number of esters is 2. The van der Waals surface area contributed by atoms with Gasteiger partial charge in [0, 0.05) is 0 Å². The number of carbonyl (C=O) groups excluding carboxylic acids is 2. The van der Waals surface area contributed by atoms with Crippen LogP contribution in [0.4, 0.5) is 0 Å². The zero-order valence-electron chi connectivity index (χ0n) is 38.6. The van der Waals surface area contributed by atoms with Crippen LogP contribution in [0.25, 0.3) is 22.3 Å². The van der Waals surface area contributed by atoms with Gasteiger partial charge in [-0.05, 0) is 145 Å². The summed E-state index contributed by atoms with van der Waals surface area (Å²) >= 11 is 0. The van der Waals surface area contributed by atoms with Crippen LogP contribution in [0.1, 0.15) is 152 Å². The average Bonchev–Trinajstić information content (AvgIpc) is 3.27. The van der Waals surface area contributed by atoms with Gasteiger partial charge in [-0.2, -0.15) is 0 Å². The molecule has 334 valence electrons. The topological polar surface area (TPSA) is 71.1 Å². The van der Waals surface area contributed by atoms with E-state index in [9.17, 15) is 9.59 Å². The maximum Gasteiger partial charge on any atom is 0.338 e. The predicted molar refractivity (Wildman–Crippen MR) is 253 cm³/mol. The molecule has 2 aliphatic rings. The van der Waals surface area contributed by atoms with Crippen molar-refractivity contribution in [2.75, 3.05) is 13.2 Å². The van der Waals surface area contributed by atoms with Gasteiger partial charge in [-0.3, -0.25) is 0 Å². The molecule has 2 aliphatic carbocycles. The van der Waals surface area contributed by atoms with Crippen molar-refractivity contribution < 1.29 is 28.5 Å². The van der Waals surface area contributed by atoms with Gasteiger partial charge in [-0.25, -0.2) is 9.59 Å². The summed E-state index contributed by atoms with van der Waals surface area (Å²) in [7, 11) is 0. The highest BCUT2D eigenvalue weighted by Gasteiger charge is 2.35. The maximum absolute atomic E-state index is 13.0. The summed E-state index contributed by atoms with van der Waals surface area (Å²) < 4.78 is 24.2. The van der Waals surface area contributed by atoms with Gasteiger partial charge in [-0.1, -0.05) is 141 Å². The van der Waals surface area contributed by atoms with Gasteiger partial charge >= 0.3 is 11.9 Å². The highest BCUT2D eigenvalue weighted by atomic mass is 16.5. The molecule has 6 rings (SSSR count). The zero-order chi connectivity index (χ0) is 43.8. The first kappa shape index (κ1) is 46.9. The lowest BCUT2D eigenvalue weighted by atomic mass is 9.75. The van der Waals surface area contributed by atoms with E-state index in [0.29, 0.717) is 46.6 Å². The van der Waals surface area contributed by atoms with Crippen molar-refractivity contribution in [1.29, 1.82) is 0 Å². The Labute approximate surface area is 373 Å². The van der Waals surface area contributed by atoms with E-state index in [1.54, 1.807) is 0 Å². The van der Waals surface area contributed by atoms with Gasteiger partial charge < -0.3 is 18.9 Å². The fourth-order valence-electron chi connectivity index (χ4n) is 9.64. The van der Waals surface area contributed by atoms with E-state index in [0.717, 1.165) is 85.5 Å². The van der Waals surface area contributed by atoms with E-state index in [4.69, 9.17) is 18.9 Å². The summed E-state index contributed by atoms with van der Waals surface area (Å²) in [6, 6.07) is 32.1. The summed E-state index contributed by atoms with van der Waals surface area (Å²) in [6.07, 6.45) is 16.1. The largest absolute Gasteiger partial charge is 0.494 e. The number of benzene rings is 4. The Balaban J connectivity index is 0.787. The number of hydrogen-bond donors (Lipinski definition) is 0. The number of carbonyl (C=O) groups is 2. The third kappa shape index (κ3) is 14.0. The lowest BCUT2D eigenvalue weighted by molar-refractivity contribution is -0.0181. The molecule has 2 fully saturated rings. The van der Waals surface area contributed by atoms with Gasteiger partial charge in [0.05, 0.1) is 24.3 Å². The van der Waals surface area contributed by atoms with Crippen LogP contribution in [0.5, 0.6) is 11.5 Å². The van der Waals surface area contributed by atoms with Crippen molar-refractivity contribution in [3.63, 3.8) is 0 Å². The summed E-state index contributed by atoms with van der Waals surface area (Å²) in [5.41, 5.74) is 5.57. The van der Waals surface area contributed by atoms with Gasteiger partial charge in [0.25, 0.3) is 0 Å².